The lowest BCUT2D eigenvalue weighted by Gasteiger charge is -2.26. The Morgan fingerprint density at radius 1 is 1.20 bits per heavy atom. The van der Waals surface area contributed by atoms with Crippen LogP contribution in [0.15, 0.2) is 42.6 Å². The summed E-state index contributed by atoms with van der Waals surface area (Å²) >= 11 is 0. The molecule has 3 rings (SSSR count). The second kappa shape index (κ2) is 9.25. The van der Waals surface area contributed by atoms with Crippen molar-refractivity contribution in [1.82, 2.24) is 9.88 Å². The Hall–Kier alpha value is -2.31. The molecule has 25 heavy (non-hydrogen) atoms. The fraction of sp³-hybridized carbons (Fsp3) is 0.421. The summed E-state index contributed by atoms with van der Waals surface area (Å²) in [5.74, 6) is 1.50. The van der Waals surface area contributed by atoms with Gasteiger partial charge in [0.1, 0.15) is 12.4 Å². The summed E-state index contributed by atoms with van der Waals surface area (Å²) in [6.45, 7) is 5.80. The maximum absolute atomic E-state index is 5.78. The molecule has 0 bridgehead atoms. The van der Waals surface area contributed by atoms with Crippen LogP contribution >= 0.6 is 0 Å². The number of rotatable bonds is 8. The first-order valence-electron chi connectivity index (χ1n) is 8.59. The molecule has 1 aliphatic heterocycles. The average molecular weight is 343 g/mol. The highest BCUT2D eigenvalue weighted by Gasteiger charge is 2.10. The minimum atomic E-state index is 0.631. The van der Waals surface area contributed by atoms with Crippen molar-refractivity contribution < 1.29 is 14.2 Å². The second-order valence-electron chi connectivity index (χ2n) is 5.89. The zero-order chi connectivity index (χ0) is 17.3. The van der Waals surface area contributed by atoms with Crippen molar-refractivity contribution in [3.63, 3.8) is 0 Å². The Kier molecular flexibility index (Phi) is 6.48. The van der Waals surface area contributed by atoms with Crippen molar-refractivity contribution in [1.29, 1.82) is 0 Å². The molecule has 6 heteroatoms. The molecule has 0 spiro atoms. The van der Waals surface area contributed by atoms with Gasteiger partial charge in [0, 0.05) is 44.1 Å². The first-order chi connectivity index (χ1) is 12.3. The molecule has 1 saturated heterocycles. The first-order valence-corrected chi connectivity index (χ1v) is 8.59. The standard InChI is InChI=1S/C19H25N3O3/c1-23-18-4-2-3-16(13-18)15-21-17-5-6-20-19(14-17)25-12-9-22-7-10-24-11-8-22/h2-6,13-14H,7-12,15H2,1H3,(H,20,21). The van der Waals surface area contributed by atoms with Crippen LogP contribution in [-0.2, 0) is 11.3 Å². The molecule has 0 atom stereocenters. The predicted molar refractivity (Wildman–Crippen MR) is 97.3 cm³/mol. The van der Waals surface area contributed by atoms with E-state index in [1.165, 1.54) is 0 Å². The smallest absolute Gasteiger partial charge is 0.215 e. The lowest BCUT2D eigenvalue weighted by atomic mass is 10.2. The van der Waals surface area contributed by atoms with Gasteiger partial charge < -0.3 is 19.5 Å². The third-order valence-electron chi connectivity index (χ3n) is 4.13. The molecule has 1 aliphatic rings. The summed E-state index contributed by atoms with van der Waals surface area (Å²) in [4.78, 5) is 6.62. The van der Waals surface area contributed by atoms with Crippen LogP contribution in [0, 0.1) is 0 Å². The molecule has 1 aromatic carbocycles. The fourth-order valence-corrected chi connectivity index (χ4v) is 2.69. The van der Waals surface area contributed by atoms with E-state index in [4.69, 9.17) is 14.2 Å². The van der Waals surface area contributed by atoms with E-state index < -0.39 is 0 Å². The topological polar surface area (TPSA) is 55.8 Å². The normalized spacial score (nSPS) is 14.9. The third kappa shape index (κ3) is 5.62. The van der Waals surface area contributed by atoms with Crippen molar-refractivity contribution in [2.24, 2.45) is 0 Å². The molecule has 1 aromatic heterocycles. The van der Waals surface area contributed by atoms with Gasteiger partial charge in [0.2, 0.25) is 5.88 Å². The molecular weight excluding hydrogens is 318 g/mol. The number of morpholine rings is 1. The van der Waals surface area contributed by atoms with E-state index in [1.54, 1.807) is 13.3 Å². The van der Waals surface area contributed by atoms with Gasteiger partial charge in [0.15, 0.2) is 0 Å². The van der Waals surface area contributed by atoms with Crippen LogP contribution in [0.2, 0.25) is 0 Å². The number of nitrogens with zero attached hydrogens (tertiary/aromatic N) is 2. The van der Waals surface area contributed by atoms with Gasteiger partial charge in [-0.05, 0) is 23.8 Å². The van der Waals surface area contributed by atoms with Crippen molar-refractivity contribution in [3.8, 4) is 11.6 Å². The number of anilines is 1. The summed E-state index contributed by atoms with van der Waals surface area (Å²) in [5.41, 5.74) is 2.14. The maximum atomic E-state index is 5.78. The Morgan fingerprint density at radius 3 is 2.92 bits per heavy atom. The summed E-state index contributed by atoms with van der Waals surface area (Å²) in [6.07, 6.45) is 1.76. The van der Waals surface area contributed by atoms with Crippen LogP contribution < -0.4 is 14.8 Å². The summed E-state index contributed by atoms with van der Waals surface area (Å²) in [5, 5.41) is 3.39. The number of ether oxygens (including phenoxy) is 3. The summed E-state index contributed by atoms with van der Waals surface area (Å²) in [7, 11) is 1.68. The van der Waals surface area contributed by atoms with Crippen LogP contribution in [0.25, 0.3) is 0 Å². The monoisotopic (exact) mass is 343 g/mol. The highest BCUT2D eigenvalue weighted by molar-refractivity contribution is 5.46. The largest absolute Gasteiger partial charge is 0.497 e. The van der Waals surface area contributed by atoms with Gasteiger partial charge in [-0.1, -0.05) is 12.1 Å². The van der Waals surface area contributed by atoms with E-state index in [2.05, 4.69) is 21.3 Å². The van der Waals surface area contributed by atoms with Crippen molar-refractivity contribution in [3.05, 3.63) is 48.2 Å². The molecule has 0 unspecified atom stereocenters. The fourth-order valence-electron chi connectivity index (χ4n) is 2.69. The zero-order valence-electron chi connectivity index (χ0n) is 14.6. The Bertz CT molecular complexity index is 660. The van der Waals surface area contributed by atoms with Crippen molar-refractivity contribution in [2.75, 3.05) is 51.9 Å². The van der Waals surface area contributed by atoms with E-state index in [0.29, 0.717) is 19.0 Å². The molecule has 1 fully saturated rings. The number of hydrogen-bond acceptors (Lipinski definition) is 6. The summed E-state index contributed by atoms with van der Waals surface area (Å²) < 4.78 is 16.4. The number of aromatic nitrogens is 1. The highest BCUT2D eigenvalue weighted by atomic mass is 16.5. The Labute approximate surface area is 148 Å². The summed E-state index contributed by atoms with van der Waals surface area (Å²) in [6, 6.07) is 11.9. The molecule has 6 nitrogen and oxygen atoms in total. The van der Waals surface area contributed by atoms with Crippen LogP contribution in [-0.4, -0.2) is 56.4 Å². The zero-order valence-corrected chi connectivity index (χ0v) is 14.6. The van der Waals surface area contributed by atoms with Crippen molar-refractivity contribution >= 4 is 5.69 Å². The van der Waals surface area contributed by atoms with Crippen LogP contribution in [0.5, 0.6) is 11.6 Å². The molecule has 134 valence electrons. The lowest BCUT2D eigenvalue weighted by molar-refractivity contribution is 0.0320. The second-order valence-corrected chi connectivity index (χ2v) is 5.89. The average Bonchev–Trinajstić information content (AvgIpc) is 2.68. The lowest BCUT2D eigenvalue weighted by Crippen LogP contribution is -2.38. The minimum absolute atomic E-state index is 0.631. The van der Waals surface area contributed by atoms with E-state index in [-0.39, 0.29) is 0 Å². The van der Waals surface area contributed by atoms with Gasteiger partial charge in [0.25, 0.3) is 0 Å². The van der Waals surface area contributed by atoms with Gasteiger partial charge in [-0.15, -0.1) is 0 Å². The van der Waals surface area contributed by atoms with Crippen LogP contribution in [0.1, 0.15) is 5.56 Å². The van der Waals surface area contributed by atoms with E-state index >= 15 is 0 Å². The van der Waals surface area contributed by atoms with Gasteiger partial charge in [-0.2, -0.15) is 0 Å². The first kappa shape index (κ1) is 17.5. The minimum Gasteiger partial charge on any atom is -0.497 e. The number of hydrogen-bond donors (Lipinski definition) is 1. The number of nitrogens with one attached hydrogen (secondary N) is 1. The van der Waals surface area contributed by atoms with Gasteiger partial charge >= 0.3 is 0 Å². The molecule has 0 saturated carbocycles. The van der Waals surface area contributed by atoms with Crippen LogP contribution in [0.4, 0.5) is 5.69 Å². The third-order valence-corrected chi connectivity index (χ3v) is 4.13. The number of benzene rings is 1. The number of methoxy groups -OCH3 is 1. The quantitative estimate of drug-likeness (QED) is 0.794. The molecular formula is C19H25N3O3. The molecule has 0 aliphatic carbocycles. The highest BCUT2D eigenvalue weighted by Crippen LogP contribution is 2.17. The van der Waals surface area contributed by atoms with Gasteiger partial charge in [-0.3, -0.25) is 4.90 Å². The number of pyridine rings is 1. The van der Waals surface area contributed by atoms with E-state index in [1.807, 2.05) is 30.3 Å². The van der Waals surface area contributed by atoms with Crippen LogP contribution in [0.3, 0.4) is 0 Å². The SMILES string of the molecule is COc1cccc(CNc2ccnc(OCCN3CCOCC3)c2)c1. The molecule has 2 heterocycles. The molecule has 0 radical (unpaired) electrons. The molecule has 1 N–H and O–H groups in total. The van der Waals surface area contributed by atoms with Crippen molar-refractivity contribution in [2.45, 2.75) is 6.54 Å². The van der Waals surface area contributed by atoms with Gasteiger partial charge in [0.05, 0.1) is 20.3 Å². The van der Waals surface area contributed by atoms with Gasteiger partial charge in [-0.25, -0.2) is 4.98 Å². The molecule has 2 aromatic rings. The predicted octanol–water partition coefficient (Wildman–Crippen LogP) is 2.41. The maximum Gasteiger partial charge on any atom is 0.215 e. The van der Waals surface area contributed by atoms with E-state index in [9.17, 15) is 0 Å². The molecule has 0 amide bonds. The Balaban J connectivity index is 1.47. The van der Waals surface area contributed by atoms with E-state index in [0.717, 1.165) is 49.8 Å². The Morgan fingerprint density at radius 2 is 2.08 bits per heavy atom.